The molecule has 8 heteroatoms. The molecule has 8 nitrogen and oxygen atoms in total. The van der Waals surface area contributed by atoms with Gasteiger partial charge in [-0.15, -0.1) is 5.10 Å². The van der Waals surface area contributed by atoms with E-state index in [9.17, 15) is 4.79 Å². The molecule has 0 saturated carbocycles. The van der Waals surface area contributed by atoms with Gasteiger partial charge in [0.25, 0.3) is 0 Å². The summed E-state index contributed by atoms with van der Waals surface area (Å²) in [6, 6.07) is 9.59. The van der Waals surface area contributed by atoms with Crippen LogP contribution in [0.2, 0.25) is 0 Å². The second-order valence-electron chi connectivity index (χ2n) is 5.27. The minimum absolute atomic E-state index is 0.0986. The standard InChI is InChI=1S/C16H18N6O2/c1-21-10-14(9-17-21)18-16(23)12-22-11-13(19-20-22)7-8-24-15-5-3-2-4-6-15/h2-6,9-11H,7-8,12H2,1H3,(H,18,23). The van der Waals surface area contributed by atoms with Gasteiger partial charge in [-0.25, -0.2) is 4.68 Å². The van der Waals surface area contributed by atoms with Gasteiger partial charge < -0.3 is 10.1 Å². The summed E-state index contributed by atoms with van der Waals surface area (Å²) >= 11 is 0. The van der Waals surface area contributed by atoms with Crippen LogP contribution in [0.1, 0.15) is 5.69 Å². The number of hydrogen-bond donors (Lipinski definition) is 1. The minimum Gasteiger partial charge on any atom is -0.493 e. The van der Waals surface area contributed by atoms with Gasteiger partial charge in [-0.1, -0.05) is 23.4 Å². The van der Waals surface area contributed by atoms with E-state index in [1.165, 1.54) is 4.68 Å². The number of benzene rings is 1. The summed E-state index contributed by atoms with van der Waals surface area (Å²) in [7, 11) is 1.79. The average molecular weight is 326 g/mol. The Morgan fingerprint density at radius 1 is 1.25 bits per heavy atom. The second kappa shape index (κ2) is 7.40. The maximum absolute atomic E-state index is 11.9. The highest BCUT2D eigenvalue weighted by molar-refractivity contribution is 5.90. The lowest BCUT2D eigenvalue weighted by atomic mass is 10.3. The number of hydrogen-bond acceptors (Lipinski definition) is 5. The first-order valence-electron chi connectivity index (χ1n) is 7.54. The largest absolute Gasteiger partial charge is 0.493 e. The van der Waals surface area contributed by atoms with E-state index in [-0.39, 0.29) is 12.5 Å². The van der Waals surface area contributed by atoms with Crippen molar-refractivity contribution in [2.75, 3.05) is 11.9 Å². The van der Waals surface area contributed by atoms with Crippen LogP contribution in [-0.2, 0) is 24.8 Å². The average Bonchev–Trinajstić information content (AvgIpc) is 3.17. The molecule has 1 aromatic carbocycles. The summed E-state index contributed by atoms with van der Waals surface area (Å²) in [5.41, 5.74) is 1.43. The van der Waals surface area contributed by atoms with Crippen molar-refractivity contribution >= 4 is 11.6 Å². The summed E-state index contributed by atoms with van der Waals surface area (Å²) in [4.78, 5) is 11.9. The van der Waals surface area contributed by atoms with E-state index < -0.39 is 0 Å². The van der Waals surface area contributed by atoms with Crippen molar-refractivity contribution in [3.8, 4) is 5.75 Å². The van der Waals surface area contributed by atoms with Crippen LogP contribution in [0.25, 0.3) is 0 Å². The zero-order chi connectivity index (χ0) is 16.8. The van der Waals surface area contributed by atoms with Crippen LogP contribution in [0.5, 0.6) is 5.75 Å². The Morgan fingerprint density at radius 2 is 2.08 bits per heavy atom. The maximum Gasteiger partial charge on any atom is 0.246 e. The Morgan fingerprint density at radius 3 is 2.83 bits per heavy atom. The van der Waals surface area contributed by atoms with Gasteiger partial charge in [0.2, 0.25) is 5.91 Å². The van der Waals surface area contributed by atoms with Gasteiger partial charge in [0.15, 0.2) is 0 Å². The van der Waals surface area contributed by atoms with E-state index in [0.717, 1.165) is 11.4 Å². The molecule has 124 valence electrons. The van der Waals surface area contributed by atoms with Crippen molar-refractivity contribution in [3.63, 3.8) is 0 Å². The molecule has 0 aliphatic rings. The third-order valence-corrected chi connectivity index (χ3v) is 3.25. The smallest absolute Gasteiger partial charge is 0.246 e. The zero-order valence-corrected chi connectivity index (χ0v) is 13.3. The first kappa shape index (κ1) is 15.7. The number of rotatable bonds is 7. The number of carbonyl (C=O) groups is 1. The fourth-order valence-electron chi connectivity index (χ4n) is 2.15. The molecule has 0 atom stereocenters. The molecule has 0 aliphatic heterocycles. The molecule has 0 fully saturated rings. The number of carbonyl (C=O) groups excluding carboxylic acids is 1. The van der Waals surface area contributed by atoms with Crippen LogP contribution in [0.4, 0.5) is 5.69 Å². The van der Waals surface area contributed by atoms with Gasteiger partial charge in [0.05, 0.1) is 24.2 Å². The van der Waals surface area contributed by atoms with Gasteiger partial charge in [0, 0.05) is 25.9 Å². The van der Waals surface area contributed by atoms with Crippen molar-refractivity contribution in [2.24, 2.45) is 7.05 Å². The lowest BCUT2D eigenvalue weighted by Crippen LogP contribution is -2.18. The van der Waals surface area contributed by atoms with E-state index in [1.807, 2.05) is 30.3 Å². The maximum atomic E-state index is 11.9. The number of ether oxygens (including phenoxy) is 1. The fraction of sp³-hybridized carbons (Fsp3) is 0.250. The Balaban J connectivity index is 1.45. The highest BCUT2D eigenvalue weighted by Crippen LogP contribution is 2.09. The number of para-hydroxylation sites is 1. The zero-order valence-electron chi connectivity index (χ0n) is 13.3. The van der Waals surface area contributed by atoms with Crippen LogP contribution in [0, 0.1) is 0 Å². The number of nitrogens with one attached hydrogen (secondary N) is 1. The van der Waals surface area contributed by atoms with Crippen LogP contribution in [0.3, 0.4) is 0 Å². The molecule has 0 saturated heterocycles. The SMILES string of the molecule is Cn1cc(NC(=O)Cn2cc(CCOc3ccccc3)nn2)cn1. The first-order valence-corrected chi connectivity index (χ1v) is 7.54. The Bertz CT molecular complexity index is 796. The lowest BCUT2D eigenvalue weighted by molar-refractivity contribution is -0.116. The molecule has 1 N–H and O–H groups in total. The topological polar surface area (TPSA) is 86.9 Å². The fourth-order valence-corrected chi connectivity index (χ4v) is 2.15. The highest BCUT2D eigenvalue weighted by Gasteiger charge is 2.08. The molecule has 0 radical (unpaired) electrons. The molecule has 2 heterocycles. The molecule has 3 aromatic rings. The predicted octanol–water partition coefficient (Wildman–Crippen LogP) is 1.27. The van der Waals surface area contributed by atoms with E-state index in [1.54, 1.807) is 30.3 Å². The summed E-state index contributed by atoms with van der Waals surface area (Å²) in [6.07, 6.45) is 5.69. The second-order valence-corrected chi connectivity index (χ2v) is 5.27. The number of amides is 1. The van der Waals surface area contributed by atoms with Crippen molar-refractivity contribution in [1.29, 1.82) is 0 Å². The van der Waals surface area contributed by atoms with Gasteiger partial charge in [-0.3, -0.25) is 9.48 Å². The lowest BCUT2D eigenvalue weighted by Gasteiger charge is -2.03. The molecular formula is C16H18N6O2. The summed E-state index contributed by atoms with van der Waals surface area (Å²) in [5.74, 6) is 0.640. The third-order valence-electron chi connectivity index (χ3n) is 3.25. The molecule has 3 rings (SSSR count). The van der Waals surface area contributed by atoms with Gasteiger partial charge in [0.1, 0.15) is 12.3 Å². The van der Waals surface area contributed by atoms with Crippen LogP contribution in [0.15, 0.2) is 48.9 Å². The highest BCUT2D eigenvalue weighted by atomic mass is 16.5. The summed E-state index contributed by atoms with van der Waals surface area (Å²) < 4.78 is 8.74. The van der Waals surface area contributed by atoms with E-state index in [4.69, 9.17) is 4.74 Å². The molecule has 0 aliphatic carbocycles. The molecule has 24 heavy (non-hydrogen) atoms. The van der Waals surface area contributed by atoms with E-state index >= 15 is 0 Å². The minimum atomic E-state index is -0.181. The van der Waals surface area contributed by atoms with Crippen LogP contribution >= 0.6 is 0 Å². The molecule has 0 spiro atoms. The van der Waals surface area contributed by atoms with Gasteiger partial charge in [-0.2, -0.15) is 5.10 Å². The number of anilines is 1. The molecular weight excluding hydrogens is 308 g/mol. The van der Waals surface area contributed by atoms with E-state index in [0.29, 0.717) is 18.7 Å². The quantitative estimate of drug-likeness (QED) is 0.706. The van der Waals surface area contributed by atoms with Crippen molar-refractivity contribution in [2.45, 2.75) is 13.0 Å². The third kappa shape index (κ3) is 4.42. The Labute approximate surface area is 139 Å². The molecule has 1 amide bonds. The summed E-state index contributed by atoms with van der Waals surface area (Å²) in [6.45, 7) is 0.603. The van der Waals surface area contributed by atoms with Crippen molar-refractivity contribution < 1.29 is 9.53 Å². The summed E-state index contributed by atoms with van der Waals surface area (Å²) in [5, 5.41) is 14.7. The number of aromatic nitrogens is 5. The molecule has 2 aromatic heterocycles. The van der Waals surface area contributed by atoms with Crippen LogP contribution in [-0.4, -0.2) is 37.3 Å². The normalized spacial score (nSPS) is 10.5. The predicted molar refractivity (Wildman–Crippen MR) is 87.5 cm³/mol. The Kier molecular flexibility index (Phi) is 4.85. The van der Waals surface area contributed by atoms with Crippen LogP contribution < -0.4 is 10.1 Å². The van der Waals surface area contributed by atoms with Gasteiger partial charge in [-0.05, 0) is 12.1 Å². The number of aryl methyl sites for hydroxylation is 1. The monoisotopic (exact) mass is 326 g/mol. The van der Waals surface area contributed by atoms with Crippen molar-refractivity contribution in [3.05, 3.63) is 54.6 Å². The Hall–Kier alpha value is -3.16. The van der Waals surface area contributed by atoms with Gasteiger partial charge >= 0.3 is 0 Å². The van der Waals surface area contributed by atoms with Crippen molar-refractivity contribution in [1.82, 2.24) is 24.8 Å². The van der Waals surface area contributed by atoms with E-state index in [2.05, 4.69) is 20.7 Å². The molecule has 0 bridgehead atoms. The number of nitrogens with zero attached hydrogens (tertiary/aromatic N) is 5. The first-order chi connectivity index (χ1) is 11.7. The molecule has 0 unspecified atom stereocenters.